The molecule has 0 saturated carbocycles. The molecule has 0 bridgehead atoms. The first-order valence-corrected chi connectivity index (χ1v) is 5.02. The van der Waals surface area contributed by atoms with E-state index >= 15 is 0 Å². The maximum atomic E-state index is 10.4. The molecular formula is C12H12N2O2. The summed E-state index contributed by atoms with van der Waals surface area (Å²) in [6.45, 7) is 0.476. The normalized spacial score (nSPS) is 10.5. The van der Waals surface area contributed by atoms with Crippen LogP contribution in [0.4, 0.5) is 0 Å². The molecule has 2 rings (SSSR count). The van der Waals surface area contributed by atoms with Crippen molar-refractivity contribution in [3.63, 3.8) is 0 Å². The highest BCUT2D eigenvalue weighted by Gasteiger charge is 2.02. The van der Waals surface area contributed by atoms with E-state index in [2.05, 4.69) is 10.3 Å². The third-order valence-corrected chi connectivity index (χ3v) is 2.31. The van der Waals surface area contributed by atoms with Crippen molar-refractivity contribution in [3.05, 3.63) is 42.1 Å². The number of aromatic nitrogens is 1. The Morgan fingerprint density at radius 1 is 1.31 bits per heavy atom. The first-order chi connectivity index (χ1) is 7.77. The number of benzene rings is 1. The van der Waals surface area contributed by atoms with Gasteiger partial charge in [0.25, 0.3) is 0 Å². The number of nitrogens with one attached hydrogen (secondary N) is 1. The van der Waals surface area contributed by atoms with Crippen LogP contribution < -0.4 is 5.32 Å². The van der Waals surface area contributed by atoms with Crippen LogP contribution in [-0.2, 0) is 11.3 Å². The second kappa shape index (κ2) is 4.72. The summed E-state index contributed by atoms with van der Waals surface area (Å²) in [6, 6.07) is 9.76. The van der Waals surface area contributed by atoms with Crippen molar-refractivity contribution < 1.29 is 9.90 Å². The third kappa shape index (κ3) is 2.35. The lowest BCUT2D eigenvalue weighted by Gasteiger charge is -2.05. The van der Waals surface area contributed by atoms with Gasteiger partial charge in [-0.2, -0.15) is 0 Å². The maximum absolute atomic E-state index is 10.4. The fraction of sp³-hybridized carbons (Fsp3) is 0.167. The van der Waals surface area contributed by atoms with Gasteiger partial charge in [0.15, 0.2) is 0 Å². The van der Waals surface area contributed by atoms with Crippen molar-refractivity contribution in [3.8, 4) is 0 Å². The summed E-state index contributed by atoms with van der Waals surface area (Å²) in [4.78, 5) is 14.7. The van der Waals surface area contributed by atoms with Crippen LogP contribution in [0.15, 0.2) is 36.5 Å². The Hall–Kier alpha value is -1.94. The van der Waals surface area contributed by atoms with Gasteiger partial charge in [-0.1, -0.05) is 24.3 Å². The molecule has 82 valence electrons. The van der Waals surface area contributed by atoms with Gasteiger partial charge in [0, 0.05) is 18.1 Å². The highest BCUT2D eigenvalue weighted by atomic mass is 16.4. The number of para-hydroxylation sites is 1. The van der Waals surface area contributed by atoms with Gasteiger partial charge < -0.3 is 10.4 Å². The summed E-state index contributed by atoms with van der Waals surface area (Å²) in [6.07, 6.45) is 1.74. The highest BCUT2D eigenvalue weighted by Crippen LogP contribution is 2.15. The molecule has 1 aromatic heterocycles. The largest absolute Gasteiger partial charge is 0.480 e. The van der Waals surface area contributed by atoms with E-state index in [0.29, 0.717) is 6.54 Å². The molecule has 4 heteroatoms. The number of fused-ring (bicyclic) bond motifs is 1. The summed E-state index contributed by atoms with van der Waals surface area (Å²) < 4.78 is 0. The molecule has 0 aliphatic rings. The molecule has 0 spiro atoms. The van der Waals surface area contributed by atoms with E-state index in [9.17, 15) is 4.79 Å². The number of pyridine rings is 1. The smallest absolute Gasteiger partial charge is 0.317 e. The molecule has 0 saturated heterocycles. The van der Waals surface area contributed by atoms with Gasteiger partial charge in [0.1, 0.15) is 0 Å². The van der Waals surface area contributed by atoms with E-state index in [1.54, 1.807) is 6.20 Å². The van der Waals surface area contributed by atoms with Gasteiger partial charge in [-0.15, -0.1) is 0 Å². The van der Waals surface area contributed by atoms with E-state index in [1.807, 2.05) is 30.3 Å². The molecule has 16 heavy (non-hydrogen) atoms. The van der Waals surface area contributed by atoms with Gasteiger partial charge in [0.05, 0.1) is 12.1 Å². The minimum atomic E-state index is -0.854. The number of rotatable bonds is 4. The number of hydrogen-bond donors (Lipinski definition) is 2. The molecule has 2 aromatic rings. The standard InChI is InChI=1S/C12H12N2O2/c15-11(16)8-13-7-10-4-1-3-9-5-2-6-14-12(9)10/h1-6,13H,7-8H2,(H,15,16). The van der Waals surface area contributed by atoms with E-state index in [-0.39, 0.29) is 6.54 Å². The Morgan fingerprint density at radius 2 is 2.12 bits per heavy atom. The van der Waals surface area contributed by atoms with Gasteiger partial charge >= 0.3 is 5.97 Å². The zero-order valence-electron chi connectivity index (χ0n) is 8.68. The van der Waals surface area contributed by atoms with Crippen molar-refractivity contribution in [1.82, 2.24) is 10.3 Å². The van der Waals surface area contributed by atoms with Crippen LogP contribution in [-0.4, -0.2) is 22.6 Å². The van der Waals surface area contributed by atoms with Crippen LogP contribution in [0.25, 0.3) is 10.9 Å². The Bertz CT molecular complexity index is 506. The second-order valence-electron chi connectivity index (χ2n) is 3.49. The van der Waals surface area contributed by atoms with Gasteiger partial charge in [-0.05, 0) is 11.6 Å². The Labute approximate surface area is 92.9 Å². The lowest BCUT2D eigenvalue weighted by atomic mass is 10.1. The van der Waals surface area contributed by atoms with Crippen LogP contribution in [0, 0.1) is 0 Å². The van der Waals surface area contributed by atoms with Gasteiger partial charge in [0.2, 0.25) is 0 Å². The number of carboxylic acid groups (broad SMARTS) is 1. The van der Waals surface area contributed by atoms with E-state index in [1.165, 1.54) is 0 Å². The summed E-state index contributed by atoms with van der Waals surface area (Å²) in [5.41, 5.74) is 1.93. The topological polar surface area (TPSA) is 62.2 Å². The lowest BCUT2D eigenvalue weighted by molar-refractivity contribution is -0.135. The molecule has 0 radical (unpaired) electrons. The highest BCUT2D eigenvalue weighted by molar-refractivity contribution is 5.81. The second-order valence-corrected chi connectivity index (χ2v) is 3.49. The Balaban J connectivity index is 2.20. The van der Waals surface area contributed by atoms with Crippen molar-refractivity contribution in [2.24, 2.45) is 0 Å². The first-order valence-electron chi connectivity index (χ1n) is 5.02. The summed E-state index contributed by atoms with van der Waals surface area (Å²) >= 11 is 0. The predicted molar refractivity (Wildman–Crippen MR) is 61.1 cm³/mol. The molecule has 1 heterocycles. The molecule has 0 fully saturated rings. The molecule has 0 aliphatic heterocycles. The van der Waals surface area contributed by atoms with Crippen molar-refractivity contribution in [2.45, 2.75) is 6.54 Å². The average molecular weight is 216 g/mol. The molecule has 0 unspecified atom stereocenters. The third-order valence-electron chi connectivity index (χ3n) is 2.31. The maximum Gasteiger partial charge on any atom is 0.317 e. The van der Waals surface area contributed by atoms with E-state index in [0.717, 1.165) is 16.5 Å². The van der Waals surface area contributed by atoms with Gasteiger partial charge in [-0.25, -0.2) is 0 Å². The van der Waals surface area contributed by atoms with Crippen LogP contribution in [0.5, 0.6) is 0 Å². The molecule has 0 amide bonds. The number of carbonyl (C=O) groups is 1. The van der Waals surface area contributed by atoms with Gasteiger partial charge in [-0.3, -0.25) is 9.78 Å². The SMILES string of the molecule is O=C(O)CNCc1cccc2cccnc12. The zero-order chi connectivity index (χ0) is 11.4. The Kier molecular flexibility index (Phi) is 3.12. The molecule has 0 aliphatic carbocycles. The fourth-order valence-corrected chi connectivity index (χ4v) is 1.61. The van der Waals surface area contributed by atoms with Crippen LogP contribution in [0.3, 0.4) is 0 Å². The molecular weight excluding hydrogens is 204 g/mol. The van der Waals surface area contributed by atoms with Crippen molar-refractivity contribution in [2.75, 3.05) is 6.54 Å². The zero-order valence-corrected chi connectivity index (χ0v) is 8.68. The quantitative estimate of drug-likeness (QED) is 0.811. The summed E-state index contributed by atoms with van der Waals surface area (Å²) in [5, 5.41) is 12.4. The minimum Gasteiger partial charge on any atom is -0.480 e. The van der Waals surface area contributed by atoms with E-state index in [4.69, 9.17) is 5.11 Å². The molecule has 2 N–H and O–H groups in total. The minimum absolute atomic E-state index is 0.0385. The van der Waals surface area contributed by atoms with Crippen molar-refractivity contribution in [1.29, 1.82) is 0 Å². The average Bonchev–Trinajstić information content (AvgIpc) is 2.29. The summed E-state index contributed by atoms with van der Waals surface area (Å²) in [7, 11) is 0. The number of carboxylic acids is 1. The molecule has 4 nitrogen and oxygen atoms in total. The van der Waals surface area contributed by atoms with Crippen LogP contribution in [0.2, 0.25) is 0 Å². The van der Waals surface area contributed by atoms with Crippen molar-refractivity contribution >= 4 is 16.9 Å². The fourth-order valence-electron chi connectivity index (χ4n) is 1.61. The molecule has 1 aromatic carbocycles. The lowest BCUT2D eigenvalue weighted by Crippen LogP contribution is -2.22. The van der Waals surface area contributed by atoms with Crippen LogP contribution >= 0.6 is 0 Å². The Morgan fingerprint density at radius 3 is 2.94 bits per heavy atom. The first kappa shape index (κ1) is 10.6. The number of hydrogen-bond acceptors (Lipinski definition) is 3. The molecule has 0 atom stereocenters. The predicted octanol–water partition coefficient (Wildman–Crippen LogP) is 1.41. The van der Waals surface area contributed by atoms with E-state index < -0.39 is 5.97 Å². The number of nitrogens with zero attached hydrogens (tertiary/aromatic N) is 1. The number of aliphatic carboxylic acids is 1. The monoisotopic (exact) mass is 216 g/mol. The summed E-state index contributed by atoms with van der Waals surface area (Å²) in [5.74, 6) is -0.854. The van der Waals surface area contributed by atoms with Crippen LogP contribution in [0.1, 0.15) is 5.56 Å².